The van der Waals surface area contributed by atoms with Crippen molar-refractivity contribution in [1.29, 1.82) is 0 Å². The highest BCUT2D eigenvalue weighted by molar-refractivity contribution is 6.35. The molecule has 0 amide bonds. The minimum Gasteiger partial charge on any atom is -0.149 e. The molecule has 1 heteroatoms. The maximum absolute atomic E-state index is 2.31. The van der Waals surface area contributed by atoms with Crippen molar-refractivity contribution in [1.82, 2.24) is 0 Å². The topological polar surface area (TPSA) is 0 Å². The lowest BCUT2D eigenvalue weighted by molar-refractivity contribution is 0.624. The van der Waals surface area contributed by atoms with E-state index >= 15 is 0 Å². The van der Waals surface area contributed by atoms with E-state index in [4.69, 9.17) is 0 Å². The van der Waals surface area contributed by atoms with E-state index in [1.165, 1.54) is 11.0 Å². The summed E-state index contributed by atoms with van der Waals surface area (Å²) in [5.74, 6) is 0.939. The molecule has 0 saturated carbocycles. The molecular formula is C7H16Mg. The van der Waals surface area contributed by atoms with Crippen molar-refractivity contribution < 1.29 is 0 Å². The molecule has 46 valence electrons. The summed E-state index contributed by atoms with van der Waals surface area (Å²) in [7, 11) is 0. The van der Waals surface area contributed by atoms with Crippen molar-refractivity contribution in [2.24, 2.45) is 5.92 Å². The van der Waals surface area contributed by atoms with Crippen LogP contribution in [0.1, 0.15) is 27.2 Å². The van der Waals surface area contributed by atoms with Crippen LogP contribution in [-0.4, -0.2) is 20.4 Å². The number of hydrogen-bond donors (Lipinski definition) is 0. The Balaban J connectivity index is 2.72. The predicted molar refractivity (Wildman–Crippen MR) is 40.5 cm³/mol. The zero-order chi connectivity index (χ0) is 6.41. The Morgan fingerprint density at radius 3 is 2.38 bits per heavy atom. The molecule has 0 aromatic carbocycles. The average Bonchev–Trinajstić information content (AvgIpc) is 1.66. The molecule has 0 aliphatic carbocycles. The molecule has 8 heavy (non-hydrogen) atoms. The maximum atomic E-state index is 2.31. The van der Waals surface area contributed by atoms with E-state index in [1.54, 1.807) is 4.55 Å². The second kappa shape index (κ2) is 5.89. The Bertz CT molecular complexity index is 41.7. The van der Waals surface area contributed by atoms with Crippen LogP contribution in [0.25, 0.3) is 0 Å². The Hall–Kier alpha value is 0.766. The summed E-state index contributed by atoms with van der Waals surface area (Å²) in [5.41, 5.74) is 0. The first kappa shape index (κ1) is 8.77. The lowest BCUT2D eigenvalue weighted by atomic mass is 10.2. The quantitative estimate of drug-likeness (QED) is 0.399. The third-order valence-corrected chi connectivity index (χ3v) is 3.00. The summed E-state index contributed by atoms with van der Waals surface area (Å²) < 4.78 is 3.06. The Kier molecular flexibility index (Phi) is 6.46. The third-order valence-electron chi connectivity index (χ3n) is 1.39. The highest BCUT2D eigenvalue weighted by Crippen LogP contribution is 2.03. The van der Waals surface area contributed by atoms with Gasteiger partial charge in [0.05, 0.1) is 0 Å². The zero-order valence-corrected chi connectivity index (χ0v) is 7.82. The van der Waals surface area contributed by atoms with Gasteiger partial charge < -0.3 is 0 Å². The SMILES string of the molecule is C[CH2][Mg][CH2]CC(C)C. The van der Waals surface area contributed by atoms with Crippen LogP contribution in [0.3, 0.4) is 0 Å². The monoisotopic (exact) mass is 124 g/mol. The van der Waals surface area contributed by atoms with Crippen molar-refractivity contribution in [3.8, 4) is 0 Å². The summed E-state index contributed by atoms with van der Waals surface area (Å²) in [6, 6.07) is 0. The van der Waals surface area contributed by atoms with Gasteiger partial charge in [0.15, 0.2) is 0 Å². The van der Waals surface area contributed by atoms with Gasteiger partial charge in [-0.25, -0.2) is 0 Å². The van der Waals surface area contributed by atoms with Crippen molar-refractivity contribution in [3.63, 3.8) is 0 Å². The lowest BCUT2D eigenvalue weighted by Gasteiger charge is -1.99. The summed E-state index contributed by atoms with van der Waals surface area (Å²) >= 11 is 0.379. The smallest absolute Gasteiger partial charge is 0.149 e. The fourth-order valence-electron chi connectivity index (χ4n) is 0.803. The first-order chi connectivity index (χ1) is 3.77. The third kappa shape index (κ3) is 6.77. The van der Waals surface area contributed by atoms with Crippen LogP contribution in [0.15, 0.2) is 0 Å². The van der Waals surface area contributed by atoms with E-state index in [-0.39, 0.29) is 0 Å². The fraction of sp³-hybridized carbons (Fsp3) is 1.00. The minimum absolute atomic E-state index is 0.379. The summed E-state index contributed by atoms with van der Waals surface area (Å²) in [6.45, 7) is 6.93. The largest absolute Gasteiger partial charge is 0.363 e. The molecular weight excluding hydrogens is 108 g/mol. The Labute approximate surface area is 62.8 Å². The maximum Gasteiger partial charge on any atom is 0.363 e. The molecule has 0 nitrogen and oxygen atoms in total. The van der Waals surface area contributed by atoms with Gasteiger partial charge in [-0.15, -0.1) is 9.10 Å². The van der Waals surface area contributed by atoms with Crippen LogP contribution in [0, 0.1) is 5.92 Å². The molecule has 0 N–H and O–H groups in total. The molecule has 0 aliphatic rings. The van der Waals surface area contributed by atoms with Gasteiger partial charge in [-0.1, -0.05) is 27.2 Å². The van der Waals surface area contributed by atoms with Crippen LogP contribution in [0.4, 0.5) is 0 Å². The van der Waals surface area contributed by atoms with Gasteiger partial charge in [0.1, 0.15) is 0 Å². The first-order valence-electron chi connectivity index (χ1n) is 3.77. The number of rotatable bonds is 4. The summed E-state index contributed by atoms with van der Waals surface area (Å²) in [4.78, 5) is 0. The molecule has 0 spiro atoms. The van der Waals surface area contributed by atoms with Crippen LogP contribution >= 0.6 is 0 Å². The minimum atomic E-state index is 0.379. The normalized spacial score (nSPS) is 9.50. The molecule has 0 fully saturated rings. The second-order valence-electron chi connectivity index (χ2n) is 2.89. The van der Waals surface area contributed by atoms with Crippen molar-refractivity contribution >= 4 is 20.4 Å². The molecule has 0 radical (unpaired) electrons. The van der Waals surface area contributed by atoms with E-state index in [0.29, 0.717) is 20.4 Å². The zero-order valence-electron chi connectivity index (χ0n) is 6.41. The predicted octanol–water partition coefficient (Wildman–Crippen LogP) is 2.59. The van der Waals surface area contributed by atoms with Crippen LogP contribution in [0.5, 0.6) is 0 Å². The van der Waals surface area contributed by atoms with Gasteiger partial charge in [-0.05, 0) is 5.92 Å². The summed E-state index contributed by atoms with van der Waals surface area (Å²) in [6.07, 6.45) is 1.47. The average molecular weight is 125 g/mol. The van der Waals surface area contributed by atoms with Gasteiger partial charge in [-0.2, -0.15) is 0 Å². The molecule has 0 aliphatic heterocycles. The molecule has 0 heterocycles. The molecule has 0 saturated heterocycles. The lowest BCUT2D eigenvalue weighted by Crippen LogP contribution is -1.90. The highest BCUT2D eigenvalue weighted by atomic mass is 24.5. The van der Waals surface area contributed by atoms with Crippen molar-refractivity contribution in [3.05, 3.63) is 0 Å². The van der Waals surface area contributed by atoms with Crippen molar-refractivity contribution in [2.75, 3.05) is 0 Å². The molecule has 0 aromatic heterocycles. The second-order valence-corrected chi connectivity index (χ2v) is 5.30. The molecule has 0 aromatic rings. The van der Waals surface area contributed by atoms with Gasteiger partial charge in [0.2, 0.25) is 0 Å². The van der Waals surface area contributed by atoms with E-state index in [0.717, 1.165) is 5.92 Å². The standard InChI is InChI=1S/C5H11.C2H5.Mg/c1-4-5(2)3;1-2;/h5H,1,4H2,2-3H3;1H2,2H3;. The molecule has 0 unspecified atom stereocenters. The molecule has 0 rings (SSSR count). The highest BCUT2D eigenvalue weighted by Gasteiger charge is 1.94. The number of hydrogen-bond acceptors (Lipinski definition) is 0. The van der Waals surface area contributed by atoms with Gasteiger partial charge in [-0.3, -0.25) is 0 Å². The van der Waals surface area contributed by atoms with Crippen LogP contribution in [0.2, 0.25) is 9.10 Å². The van der Waals surface area contributed by atoms with E-state index in [2.05, 4.69) is 20.8 Å². The summed E-state index contributed by atoms with van der Waals surface area (Å²) in [5, 5.41) is 0. The van der Waals surface area contributed by atoms with E-state index < -0.39 is 0 Å². The van der Waals surface area contributed by atoms with E-state index in [9.17, 15) is 0 Å². The molecule has 0 bridgehead atoms. The van der Waals surface area contributed by atoms with Crippen LogP contribution < -0.4 is 0 Å². The fourth-order valence-corrected chi connectivity index (χ4v) is 2.41. The Morgan fingerprint density at radius 1 is 1.38 bits per heavy atom. The molecule has 0 atom stereocenters. The first-order valence-corrected chi connectivity index (χ1v) is 5.77. The van der Waals surface area contributed by atoms with Gasteiger partial charge in [0.25, 0.3) is 0 Å². The van der Waals surface area contributed by atoms with E-state index in [1.807, 2.05) is 0 Å². The Morgan fingerprint density at radius 2 is 2.00 bits per heavy atom. The van der Waals surface area contributed by atoms with Crippen molar-refractivity contribution in [2.45, 2.75) is 36.3 Å². The van der Waals surface area contributed by atoms with Crippen LogP contribution in [-0.2, 0) is 0 Å². The van der Waals surface area contributed by atoms with Gasteiger partial charge >= 0.3 is 20.4 Å². The van der Waals surface area contributed by atoms with Gasteiger partial charge in [0, 0.05) is 0 Å².